The number of benzene rings is 1. The van der Waals surface area contributed by atoms with Crippen LogP contribution in [0.3, 0.4) is 0 Å². The summed E-state index contributed by atoms with van der Waals surface area (Å²) in [6.45, 7) is -0.0561. The first-order valence-corrected chi connectivity index (χ1v) is 7.65. The Morgan fingerprint density at radius 2 is 1.95 bits per heavy atom. The summed E-state index contributed by atoms with van der Waals surface area (Å²) in [7, 11) is -4.48. The molecule has 0 amide bonds. The molecular formula is C12H15N2O7S-. The first-order chi connectivity index (χ1) is 10.2. The molecule has 2 N–H and O–H groups in total. The van der Waals surface area contributed by atoms with E-state index in [4.69, 9.17) is 0 Å². The van der Waals surface area contributed by atoms with Gasteiger partial charge in [-0.25, -0.2) is 0 Å². The largest absolute Gasteiger partial charge is 0.861 e. The molecular weight excluding hydrogens is 316 g/mol. The van der Waals surface area contributed by atoms with Crippen LogP contribution in [0.2, 0.25) is 0 Å². The Hall–Kier alpha value is -2.04. The van der Waals surface area contributed by atoms with Crippen molar-refractivity contribution >= 4 is 21.6 Å². The lowest BCUT2D eigenvalue weighted by Crippen LogP contribution is -2.45. The van der Waals surface area contributed by atoms with E-state index in [0.29, 0.717) is 0 Å². The number of hydrogen-bond acceptors (Lipinski definition) is 7. The molecule has 0 aliphatic heterocycles. The van der Waals surface area contributed by atoms with E-state index < -0.39 is 50.1 Å². The van der Waals surface area contributed by atoms with Gasteiger partial charge in [0.25, 0.3) is 15.7 Å². The monoisotopic (exact) mass is 331 g/mol. The molecule has 0 radical (unpaired) electrons. The van der Waals surface area contributed by atoms with Crippen LogP contribution in [0.25, 0.3) is 0 Å². The maximum absolute atomic E-state index is 12.0. The molecule has 0 fully saturated rings. The third-order valence-electron chi connectivity index (χ3n) is 3.27. The normalized spacial score (nSPS) is 13.1. The minimum atomic E-state index is -4.48. The zero-order chi connectivity index (χ0) is 17.0. The lowest BCUT2D eigenvalue weighted by molar-refractivity contribution is -0.385. The van der Waals surface area contributed by atoms with Crippen LogP contribution in [0.5, 0.6) is 0 Å². The molecule has 0 unspecified atom stereocenters. The number of aliphatic hydroxyl groups is 2. The highest BCUT2D eigenvalue weighted by molar-refractivity contribution is 7.90. The van der Waals surface area contributed by atoms with E-state index in [0.717, 1.165) is 24.3 Å². The first kappa shape index (κ1) is 18.0. The smallest absolute Gasteiger partial charge is 0.281 e. The highest BCUT2D eigenvalue weighted by Crippen LogP contribution is 2.24. The zero-order valence-electron chi connectivity index (χ0n) is 11.7. The second-order valence-corrected chi connectivity index (χ2v) is 6.18. The Morgan fingerprint density at radius 1 is 1.36 bits per heavy atom. The zero-order valence-corrected chi connectivity index (χ0v) is 12.5. The molecule has 0 aromatic heterocycles. The Labute approximate surface area is 126 Å². The summed E-state index contributed by atoms with van der Waals surface area (Å²) in [4.78, 5) is 9.35. The predicted octanol–water partition coefficient (Wildman–Crippen LogP) is -0.577. The molecule has 1 aromatic carbocycles. The van der Waals surface area contributed by atoms with Gasteiger partial charge < -0.3 is 15.3 Å². The van der Waals surface area contributed by atoms with E-state index in [1.165, 1.54) is 6.92 Å². The molecule has 0 spiro atoms. The second-order valence-electron chi connectivity index (χ2n) is 4.58. The van der Waals surface area contributed by atoms with Crippen molar-refractivity contribution in [3.8, 4) is 0 Å². The maximum atomic E-state index is 12.0. The Balaban J connectivity index is 3.33. The summed E-state index contributed by atoms with van der Waals surface area (Å²) in [6, 6.07) is 4.08. The molecule has 0 atom stereocenters. The third-order valence-corrected chi connectivity index (χ3v) is 4.52. The number of aliphatic hydroxyl groups excluding tert-OH is 2. The molecule has 0 heterocycles. The fourth-order valence-electron chi connectivity index (χ4n) is 1.58. The summed E-state index contributed by atoms with van der Waals surface area (Å²) in [5.41, 5.74) is -2.16. The second kappa shape index (κ2) is 6.81. The van der Waals surface area contributed by atoms with Crippen molar-refractivity contribution in [2.24, 2.45) is 9.81 Å². The third kappa shape index (κ3) is 3.59. The highest BCUT2D eigenvalue weighted by atomic mass is 32.2. The number of sulfonamides is 1. The molecule has 0 bridgehead atoms. The van der Waals surface area contributed by atoms with E-state index >= 15 is 0 Å². The van der Waals surface area contributed by atoms with Gasteiger partial charge in [0.1, 0.15) is 0 Å². The van der Waals surface area contributed by atoms with Crippen LogP contribution in [0.1, 0.15) is 13.3 Å². The van der Waals surface area contributed by atoms with E-state index in [9.17, 15) is 33.9 Å². The average molecular weight is 331 g/mol. The van der Waals surface area contributed by atoms with Gasteiger partial charge >= 0.3 is 0 Å². The molecule has 0 aliphatic rings. The lowest BCUT2D eigenvalue weighted by atomic mass is 9.87. The molecule has 122 valence electrons. The Kier molecular flexibility index (Phi) is 5.58. The summed E-state index contributed by atoms with van der Waals surface area (Å²) in [5, 5.41) is 41.0. The van der Waals surface area contributed by atoms with Gasteiger partial charge in [0.05, 0.1) is 23.0 Å². The number of hydrogen-bond donors (Lipinski definition) is 2. The fraction of sp³-hybridized carbons (Fsp3) is 0.417. The van der Waals surface area contributed by atoms with Crippen LogP contribution in [0.4, 0.5) is 5.69 Å². The van der Waals surface area contributed by atoms with Gasteiger partial charge in [0.15, 0.2) is 0 Å². The minimum absolute atomic E-state index is 0.0210. The Bertz CT molecular complexity index is 672. The van der Waals surface area contributed by atoms with Gasteiger partial charge in [0, 0.05) is 17.5 Å². The van der Waals surface area contributed by atoms with Crippen molar-refractivity contribution in [3.05, 3.63) is 34.4 Å². The van der Waals surface area contributed by atoms with Crippen molar-refractivity contribution in [2.75, 3.05) is 13.2 Å². The maximum Gasteiger partial charge on any atom is 0.281 e. The number of nitro groups is 1. The predicted molar refractivity (Wildman–Crippen MR) is 74.6 cm³/mol. The molecule has 0 aliphatic carbocycles. The van der Waals surface area contributed by atoms with Crippen molar-refractivity contribution in [1.82, 2.24) is 0 Å². The summed E-state index contributed by atoms with van der Waals surface area (Å²) in [6.07, 6.45) is -0.0210. The number of rotatable bonds is 7. The highest BCUT2D eigenvalue weighted by Gasteiger charge is 2.29. The first-order valence-electron chi connectivity index (χ1n) is 6.21. The van der Waals surface area contributed by atoms with Crippen LogP contribution >= 0.6 is 0 Å². The van der Waals surface area contributed by atoms with Gasteiger partial charge in [-0.2, -0.15) is 12.8 Å². The molecule has 1 aromatic rings. The average Bonchev–Trinajstić information content (AvgIpc) is 2.49. The van der Waals surface area contributed by atoms with Crippen molar-refractivity contribution in [2.45, 2.75) is 18.2 Å². The molecule has 22 heavy (non-hydrogen) atoms. The van der Waals surface area contributed by atoms with Crippen molar-refractivity contribution < 1.29 is 28.7 Å². The SMILES string of the molecule is CCC(CO)(CO)/C([O-])=N/S(=O)(=O)c1cccc([N+](=O)[O-])c1. The minimum Gasteiger partial charge on any atom is -0.861 e. The van der Waals surface area contributed by atoms with Crippen LogP contribution in [-0.2, 0) is 10.0 Å². The van der Waals surface area contributed by atoms with Crippen molar-refractivity contribution in [3.63, 3.8) is 0 Å². The molecule has 9 nitrogen and oxygen atoms in total. The number of non-ortho nitro benzene ring substituents is 1. The van der Waals surface area contributed by atoms with Crippen molar-refractivity contribution in [1.29, 1.82) is 0 Å². The van der Waals surface area contributed by atoms with E-state index in [2.05, 4.69) is 4.40 Å². The standard InChI is InChI=1S/C12H16N2O7S/c1-2-12(7-15,8-16)11(17)13-22(20,21)10-5-3-4-9(6-10)14(18)19/h3-6,15-16H,2,7-8H2,1H3,(H,13,17)/p-1. The summed E-state index contributed by atoms with van der Waals surface area (Å²) < 4.78 is 27.1. The van der Waals surface area contributed by atoms with Crippen LogP contribution in [0, 0.1) is 15.5 Å². The molecule has 0 saturated carbocycles. The summed E-state index contributed by atoms with van der Waals surface area (Å²) >= 11 is 0. The van der Waals surface area contributed by atoms with E-state index in [-0.39, 0.29) is 6.42 Å². The van der Waals surface area contributed by atoms with Crippen LogP contribution in [-0.4, -0.2) is 42.7 Å². The van der Waals surface area contributed by atoms with Gasteiger partial charge in [-0.05, 0) is 18.4 Å². The molecule has 0 saturated heterocycles. The number of nitro benzene ring substituents is 1. The molecule has 1 rings (SSSR count). The Morgan fingerprint density at radius 3 is 2.41 bits per heavy atom. The molecule has 10 heteroatoms. The van der Waals surface area contributed by atoms with Gasteiger partial charge in [-0.1, -0.05) is 13.0 Å². The fourth-order valence-corrected chi connectivity index (χ4v) is 2.61. The van der Waals surface area contributed by atoms with Gasteiger partial charge in [-0.3, -0.25) is 10.1 Å². The lowest BCUT2D eigenvalue weighted by Gasteiger charge is -2.33. The van der Waals surface area contributed by atoms with E-state index in [1.54, 1.807) is 0 Å². The van der Waals surface area contributed by atoms with Gasteiger partial charge in [0.2, 0.25) is 0 Å². The van der Waals surface area contributed by atoms with Crippen LogP contribution in [0.15, 0.2) is 33.6 Å². The van der Waals surface area contributed by atoms with Crippen LogP contribution < -0.4 is 5.11 Å². The topological polar surface area (TPSA) is 153 Å². The van der Waals surface area contributed by atoms with Gasteiger partial charge in [-0.15, -0.1) is 0 Å². The summed E-state index contributed by atoms with van der Waals surface area (Å²) in [5.74, 6) is -1.20. The van der Waals surface area contributed by atoms with E-state index in [1.807, 2.05) is 0 Å². The number of nitrogens with zero attached hydrogens (tertiary/aromatic N) is 2. The quantitative estimate of drug-likeness (QED) is 0.293.